The maximum absolute atomic E-state index is 5.83. The number of hydrogen-bond donors (Lipinski definition) is 4. The summed E-state index contributed by atoms with van der Waals surface area (Å²) in [7, 11) is 0. The Morgan fingerprint density at radius 1 is 1.11 bits per heavy atom. The van der Waals surface area contributed by atoms with E-state index in [0.29, 0.717) is 11.6 Å². The molecule has 0 radical (unpaired) electrons. The second kappa shape index (κ2) is 6.21. The van der Waals surface area contributed by atoms with E-state index in [1.165, 1.54) is 5.56 Å². The molecule has 7 heteroatoms. The molecule has 2 rings (SSSR count). The summed E-state index contributed by atoms with van der Waals surface area (Å²) in [5.41, 5.74) is 9.19. The first-order chi connectivity index (χ1) is 9.17. The Labute approximate surface area is 116 Å². The fourth-order valence-corrected chi connectivity index (χ4v) is 1.74. The van der Waals surface area contributed by atoms with Gasteiger partial charge in [-0.15, -0.1) is 0 Å². The van der Waals surface area contributed by atoms with Crippen LogP contribution in [0.15, 0.2) is 30.3 Å². The largest absolute Gasteiger partial charge is 0.370 e. The lowest BCUT2D eigenvalue weighted by Gasteiger charge is -2.08. The fourth-order valence-electron chi connectivity index (χ4n) is 1.62. The summed E-state index contributed by atoms with van der Waals surface area (Å²) in [5.74, 6) is 6.56. The minimum absolute atomic E-state index is 0.171. The average molecular weight is 279 g/mol. The Hall–Kier alpha value is -2.05. The van der Waals surface area contributed by atoms with Crippen LogP contribution in [0.3, 0.4) is 0 Å². The topological polar surface area (TPSA) is 102 Å². The normalized spacial score (nSPS) is 10.2. The van der Waals surface area contributed by atoms with Crippen molar-refractivity contribution in [1.29, 1.82) is 0 Å². The molecule has 2 aromatic rings. The molecule has 1 heterocycles. The second-order valence-corrected chi connectivity index (χ2v) is 4.38. The maximum atomic E-state index is 5.83. The molecule has 0 unspecified atom stereocenters. The number of anilines is 3. The smallest absolute Gasteiger partial charge is 0.223 e. The van der Waals surface area contributed by atoms with Gasteiger partial charge in [-0.1, -0.05) is 23.7 Å². The molecule has 1 aromatic heterocycles. The SMILES string of the molecule is NNc1cc(NCCc2ccc(Cl)cc2)nc(N)n1. The van der Waals surface area contributed by atoms with Gasteiger partial charge in [0, 0.05) is 17.6 Å². The van der Waals surface area contributed by atoms with Crippen LogP contribution in [0, 0.1) is 0 Å². The molecule has 1 aromatic carbocycles. The molecule has 6 N–H and O–H groups in total. The lowest BCUT2D eigenvalue weighted by atomic mass is 10.1. The van der Waals surface area contributed by atoms with Crippen LogP contribution in [0.25, 0.3) is 0 Å². The Kier molecular flexibility index (Phi) is 4.38. The molecule has 6 nitrogen and oxygen atoms in total. The number of aromatic nitrogens is 2. The predicted octanol–water partition coefficient (Wildman–Crippen LogP) is 1.65. The fraction of sp³-hybridized carbons (Fsp3) is 0.167. The van der Waals surface area contributed by atoms with E-state index < -0.39 is 0 Å². The molecule has 19 heavy (non-hydrogen) atoms. The number of nitrogens with zero attached hydrogens (tertiary/aromatic N) is 2. The number of nitrogens with one attached hydrogen (secondary N) is 2. The van der Waals surface area contributed by atoms with E-state index in [4.69, 9.17) is 23.2 Å². The first-order valence-electron chi connectivity index (χ1n) is 5.77. The van der Waals surface area contributed by atoms with Gasteiger partial charge in [-0.3, -0.25) is 0 Å². The number of hydrazine groups is 1. The van der Waals surface area contributed by atoms with E-state index >= 15 is 0 Å². The summed E-state index contributed by atoms with van der Waals surface area (Å²) in [6.07, 6.45) is 0.854. The minimum atomic E-state index is 0.171. The molecule has 0 fully saturated rings. The third-order valence-corrected chi connectivity index (χ3v) is 2.78. The van der Waals surface area contributed by atoms with Crippen LogP contribution in [0.2, 0.25) is 5.02 Å². The van der Waals surface area contributed by atoms with Gasteiger partial charge in [-0.2, -0.15) is 9.97 Å². The van der Waals surface area contributed by atoms with Gasteiger partial charge in [-0.05, 0) is 24.1 Å². The summed E-state index contributed by atoms with van der Waals surface area (Å²) >= 11 is 5.83. The molecule has 0 amide bonds. The number of nitrogens with two attached hydrogens (primary N) is 2. The quantitative estimate of drug-likeness (QED) is 0.490. The lowest BCUT2D eigenvalue weighted by molar-refractivity contribution is 1.00. The highest BCUT2D eigenvalue weighted by Crippen LogP contribution is 2.12. The van der Waals surface area contributed by atoms with Crippen LogP contribution in [0.1, 0.15) is 5.56 Å². The van der Waals surface area contributed by atoms with Crippen molar-refractivity contribution in [1.82, 2.24) is 9.97 Å². The van der Waals surface area contributed by atoms with Crippen LogP contribution < -0.4 is 22.3 Å². The summed E-state index contributed by atoms with van der Waals surface area (Å²) < 4.78 is 0. The molecule has 0 saturated carbocycles. The van der Waals surface area contributed by atoms with Crippen molar-refractivity contribution in [2.45, 2.75) is 6.42 Å². The van der Waals surface area contributed by atoms with E-state index in [1.54, 1.807) is 6.07 Å². The van der Waals surface area contributed by atoms with Gasteiger partial charge < -0.3 is 16.5 Å². The van der Waals surface area contributed by atoms with Crippen molar-refractivity contribution in [2.24, 2.45) is 5.84 Å². The highest BCUT2D eigenvalue weighted by molar-refractivity contribution is 6.30. The number of halogens is 1. The molecule has 0 bridgehead atoms. The van der Waals surface area contributed by atoms with Crippen molar-refractivity contribution in [2.75, 3.05) is 23.0 Å². The van der Waals surface area contributed by atoms with E-state index in [0.717, 1.165) is 18.0 Å². The van der Waals surface area contributed by atoms with Gasteiger partial charge >= 0.3 is 0 Å². The Balaban J connectivity index is 1.92. The monoisotopic (exact) mass is 278 g/mol. The minimum Gasteiger partial charge on any atom is -0.370 e. The molecule has 0 aliphatic rings. The zero-order valence-corrected chi connectivity index (χ0v) is 11.0. The molecule has 0 aliphatic carbocycles. The van der Waals surface area contributed by atoms with Gasteiger partial charge in [0.15, 0.2) is 0 Å². The van der Waals surface area contributed by atoms with E-state index in [-0.39, 0.29) is 5.95 Å². The standard InChI is InChI=1S/C12H15ClN6/c13-9-3-1-8(2-4-9)5-6-16-10-7-11(19-15)18-12(14)17-10/h1-4,7H,5-6,15H2,(H4,14,16,17,18,19). The van der Waals surface area contributed by atoms with Crippen molar-refractivity contribution in [3.8, 4) is 0 Å². The van der Waals surface area contributed by atoms with Crippen molar-refractivity contribution < 1.29 is 0 Å². The summed E-state index contributed by atoms with van der Waals surface area (Å²) in [5, 5.41) is 3.90. The van der Waals surface area contributed by atoms with Crippen molar-refractivity contribution >= 4 is 29.2 Å². The van der Waals surface area contributed by atoms with E-state index in [9.17, 15) is 0 Å². The third-order valence-electron chi connectivity index (χ3n) is 2.52. The molecule has 0 atom stereocenters. The Morgan fingerprint density at radius 2 is 1.79 bits per heavy atom. The van der Waals surface area contributed by atoms with Gasteiger partial charge in [0.2, 0.25) is 5.95 Å². The maximum Gasteiger partial charge on any atom is 0.223 e. The van der Waals surface area contributed by atoms with Gasteiger partial charge in [0.25, 0.3) is 0 Å². The predicted molar refractivity (Wildman–Crippen MR) is 77.9 cm³/mol. The van der Waals surface area contributed by atoms with Crippen LogP contribution in [-0.2, 0) is 6.42 Å². The Bertz CT molecular complexity index is 542. The van der Waals surface area contributed by atoms with Gasteiger partial charge in [0.05, 0.1) is 0 Å². The summed E-state index contributed by atoms with van der Waals surface area (Å²) in [6.45, 7) is 0.724. The average Bonchev–Trinajstić information content (AvgIpc) is 2.40. The third kappa shape index (κ3) is 3.97. The Morgan fingerprint density at radius 3 is 2.47 bits per heavy atom. The number of rotatable bonds is 5. The summed E-state index contributed by atoms with van der Waals surface area (Å²) in [6, 6.07) is 9.42. The van der Waals surface area contributed by atoms with Crippen molar-refractivity contribution in [3.63, 3.8) is 0 Å². The van der Waals surface area contributed by atoms with E-state index in [1.807, 2.05) is 24.3 Å². The van der Waals surface area contributed by atoms with Crippen LogP contribution in [0.4, 0.5) is 17.6 Å². The van der Waals surface area contributed by atoms with Gasteiger partial charge in [0.1, 0.15) is 11.6 Å². The van der Waals surface area contributed by atoms with Crippen LogP contribution in [0.5, 0.6) is 0 Å². The first-order valence-corrected chi connectivity index (χ1v) is 6.14. The van der Waals surface area contributed by atoms with Crippen LogP contribution in [-0.4, -0.2) is 16.5 Å². The molecule has 0 spiro atoms. The molecule has 0 aliphatic heterocycles. The zero-order valence-electron chi connectivity index (χ0n) is 10.2. The first kappa shape index (κ1) is 13.4. The second-order valence-electron chi connectivity index (χ2n) is 3.94. The highest BCUT2D eigenvalue weighted by Gasteiger charge is 2.01. The lowest BCUT2D eigenvalue weighted by Crippen LogP contribution is -2.13. The summed E-state index contributed by atoms with van der Waals surface area (Å²) in [4.78, 5) is 7.97. The number of hydrogen-bond acceptors (Lipinski definition) is 6. The van der Waals surface area contributed by atoms with Crippen molar-refractivity contribution in [3.05, 3.63) is 40.9 Å². The number of benzene rings is 1. The van der Waals surface area contributed by atoms with E-state index in [2.05, 4.69) is 20.7 Å². The van der Waals surface area contributed by atoms with Gasteiger partial charge in [-0.25, -0.2) is 5.84 Å². The van der Waals surface area contributed by atoms with Crippen LogP contribution >= 0.6 is 11.6 Å². The highest BCUT2D eigenvalue weighted by atomic mass is 35.5. The molecular weight excluding hydrogens is 264 g/mol. The molecule has 100 valence electrons. The number of nitrogen functional groups attached to an aromatic ring is 2. The zero-order chi connectivity index (χ0) is 13.7. The molecular formula is C12H15ClN6. The molecule has 0 saturated heterocycles.